The monoisotopic (exact) mass is 541 g/mol. The molecule has 0 saturated carbocycles. The van der Waals surface area contributed by atoms with Gasteiger partial charge in [-0.3, -0.25) is 15.6 Å². The summed E-state index contributed by atoms with van der Waals surface area (Å²) in [5, 5.41) is 18.1. The van der Waals surface area contributed by atoms with Crippen molar-refractivity contribution < 1.29 is 9.53 Å². The number of carbonyl (C=O) groups excluding carboxylic acids is 1. The molecule has 0 aromatic heterocycles. The molecular formula is C24H24IN5O2. The van der Waals surface area contributed by atoms with Gasteiger partial charge in [-0.1, -0.05) is 36.4 Å². The number of nitrogen functional groups attached to an aromatic ring is 2. The summed E-state index contributed by atoms with van der Waals surface area (Å²) in [5.74, 6) is 0.255. The highest BCUT2D eigenvalue weighted by Gasteiger charge is 2.16. The van der Waals surface area contributed by atoms with E-state index in [0.717, 1.165) is 9.13 Å². The van der Waals surface area contributed by atoms with Crippen molar-refractivity contribution in [3.05, 3.63) is 98.6 Å². The molecule has 1 amide bonds. The van der Waals surface area contributed by atoms with Crippen LogP contribution in [0.3, 0.4) is 0 Å². The van der Waals surface area contributed by atoms with Gasteiger partial charge in [0.05, 0.1) is 6.04 Å². The summed E-state index contributed by atoms with van der Waals surface area (Å²) in [6.07, 6.45) is 0.584. The van der Waals surface area contributed by atoms with Crippen LogP contribution in [-0.2, 0) is 6.42 Å². The number of carbonyl (C=O) groups is 1. The number of nitrogens with one attached hydrogen (secondary N) is 3. The zero-order valence-corrected chi connectivity index (χ0v) is 19.4. The van der Waals surface area contributed by atoms with E-state index < -0.39 is 0 Å². The molecule has 0 fully saturated rings. The predicted octanol–water partition coefficient (Wildman–Crippen LogP) is 3.28. The lowest BCUT2D eigenvalue weighted by atomic mass is 10.1. The van der Waals surface area contributed by atoms with Crippen LogP contribution in [0.4, 0.5) is 0 Å². The largest absolute Gasteiger partial charge is 0.491 e. The fourth-order valence-corrected chi connectivity index (χ4v) is 3.44. The van der Waals surface area contributed by atoms with Gasteiger partial charge in [-0.25, -0.2) is 0 Å². The highest BCUT2D eigenvalue weighted by atomic mass is 127. The number of hydrogen-bond donors (Lipinski definition) is 5. The van der Waals surface area contributed by atoms with E-state index in [4.69, 9.17) is 27.0 Å². The van der Waals surface area contributed by atoms with Crippen molar-refractivity contribution in [2.45, 2.75) is 12.5 Å². The molecule has 0 aliphatic carbocycles. The van der Waals surface area contributed by atoms with E-state index in [9.17, 15) is 4.79 Å². The molecule has 0 unspecified atom stereocenters. The SMILES string of the molecule is N=C(N)c1ccc(C(=O)N[C@@H](COc2cccc(C(=N)N)c2)Cc2ccc(I)cc2)cc1. The van der Waals surface area contributed by atoms with E-state index in [0.29, 0.717) is 28.9 Å². The Labute approximate surface area is 200 Å². The zero-order valence-electron chi connectivity index (χ0n) is 17.3. The standard InChI is InChI=1S/C24H24IN5O2/c25-19-10-4-15(5-11-19)12-20(14-32-21-3-1-2-18(13-21)23(28)29)30-24(31)17-8-6-16(7-9-17)22(26)27/h1-11,13,20H,12,14H2,(H3,26,27)(H3,28,29)(H,30,31)/t20-/m1/s1. The smallest absolute Gasteiger partial charge is 0.251 e. The number of benzene rings is 3. The van der Waals surface area contributed by atoms with Crippen molar-refractivity contribution in [1.29, 1.82) is 10.8 Å². The van der Waals surface area contributed by atoms with Crippen LogP contribution in [0.5, 0.6) is 5.75 Å². The van der Waals surface area contributed by atoms with Crippen LogP contribution >= 0.6 is 22.6 Å². The summed E-state index contributed by atoms with van der Waals surface area (Å²) in [6.45, 7) is 0.241. The van der Waals surface area contributed by atoms with Gasteiger partial charge in [0.25, 0.3) is 5.91 Å². The fraction of sp³-hybridized carbons (Fsp3) is 0.125. The first kappa shape index (κ1) is 23.3. The molecule has 164 valence electrons. The Kier molecular flexibility index (Phi) is 7.82. The lowest BCUT2D eigenvalue weighted by molar-refractivity contribution is 0.0921. The lowest BCUT2D eigenvalue weighted by Crippen LogP contribution is -2.40. The van der Waals surface area contributed by atoms with Crippen molar-refractivity contribution in [3.63, 3.8) is 0 Å². The average molecular weight is 541 g/mol. The molecule has 3 rings (SSSR count). The van der Waals surface area contributed by atoms with Gasteiger partial charge in [-0.2, -0.15) is 0 Å². The zero-order chi connectivity index (χ0) is 23.1. The van der Waals surface area contributed by atoms with Gasteiger partial charge in [0.15, 0.2) is 0 Å². The summed E-state index contributed by atoms with van der Waals surface area (Å²) in [5.41, 5.74) is 13.7. The van der Waals surface area contributed by atoms with Gasteiger partial charge < -0.3 is 21.5 Å². The molecule has 32 heavy (non-hydrogen) atoms. The number of halogens is 1. The Hall–Kier alpha value is -3.40. The van der Waals surface area contributed by atoms with Gasteiger partial charge in [0, 0.05) is 20.3 Å². The van der Waals surface area contributed by atoms with Gasteiger partial charge >= 0.3 is 0 Å². The van der Waals surface area contributed by atoms with Crippen molar-refractivity contribution in [2.75, 3.05) is 6.61 Å². The third-order valence-corrected chi connectivity index (χ3v) is 5.50. The Bertz CT molecular complexity index is 1110. The number of amidine groups is 2. The minimum Gasteiger partial charge on any atom is -0.491 e. The van der Waals surface area contributed by atoms with Crippen LogP contribution < -0.4 is 21.5 Å². The maximum atomic E-state index is 12.8. The molecule has 8 heteroatoms. The Morgan fingerprint density at radius 1 is 0.906 bits per heavy atom. The van der Waals surface area contributed by atoms with E-state index in [1.165, 1.54) is 0 Å². The highest BCUT2D eigenvalue weighted by molar-refractivity contribution is 14.1. The van der Waals surface area contributed by atoms with Gasteiger partial charge in [-0.05, 0) is 71.0 Å². The molecular weight excluding hydrogens is 517 g/mol. The fourth-order valence-electron chi connectivity index (χ4n) is 3.08. The molecule has 0 radical (unpaired) electrons. The lowest BCUT2D eigenvalue weighted by Gasteiger charge is -2.20. The first-order chi connectivity index (χ1) is 15.3. The average Bonchev–Trinajstić information content (AvgIpc) is 2.79. The summed E-state index contributed by atoms with van der Waals surface area (Å²) in [6, 6.07) is 21.4. The van der Waals surface area contributed by atoms with E-state index in [-0.39, 0.29) is 30.2 Å². The van der Waals surface area contributed by atoms with Crippen LogP contribution in [0.2, 0.25) is 0 Å². The van der Waals surface area contributed by atoms with E-state index in [1.807, 2.05) is 24.3 Å². The Morgan fingerprint density at radius 3 is 2.16 bits per heavy atom. The van der Waals surface area contributed by atoms with Crippen LogP contribution in [0.25, 0.3) is 0 Å². The van der Waals surface area contributed by atoms with Gasteiger partial charge in [-0.15, -0.1) is 0 Å². The minimum absolute atomic E-state index is 0.0341. The topological polar surface area (TPSA) is 138 Å². The number of amides is 1. The van der Waals surface area contributed by atoms with E-state index in [2.05, 4.69) is 27.9 Å². The molecule has 0 aliphatic rings. The number of rotatable bonds is 9. The highest BCUT2D eigenvalue weighted by Crippen LogP contribution is 2.15. The van der Waals surface area contributed by atoms with Crippen molar-refractivity contribution in [1.82, 2.24) is 5.32 Å². The van der Waals surface area contributed by atoms with Crippen LogP contribution in [0.15, 0.2) is 72.8 Å². The first-order valence-corrected chi connectivity index (χ1v) is 11.0. The number of ether oxygens (including phenoxy) is 1. The van der Waals surface area contributed by atoms with Crippen LogP contribution in [-0.4, -0.2) is 30.2 Å². The Morgan fingerprint density at radius 2 is 1.53 bits per heavy atom. The molecule has 0 heterocycles. The maximum absolute atomic E-state index is 12.8. The summed E-state index contributed by atoms with van der Waals surface area (Å²) >= 11 is 2.25. The second-order valence-electron chi connectivity index (χ2n) is 7.24. The molecule has 3 aromatic carbocycles. The molecule has 0 spiro atoms. The van der Waals surface area contributed by atoms with E-state index in [1.54, 1.807) is 48.5 Å². The summed E-state index contributed by atoms with van der Waals surface area (Å²) < 4.78 is 7.06. The predicted molar refractivity (Wildman–Crippen MR) is 135 cm³/mol. The van der Waals surface area contributed by atoms with Crippen molar-refractivity contribution in [3.8, 4) is 5.75 Å². The molecule has 7 nitrogen and oxygen atoms in total. The van der Waals surface area contributed by atoms with Gasteiger partial charge in [0.1, 0.15) is 24.0 Å². The molecule has 0 saturated heterocycles. The molecule has 0 bridgehead atoms. The Balaban J connectivity index is 1.74. The first-order valence-electron chi connectivity index (χ1n) is 9.89. The maximum Gasteiger partial charge on any atom is 0.251 e. The van der Waals surface area contributed by atoms with Crippen molar-refractivity contribution >= 4 is 40.2 Å². The quantitative estimate of drug-likeness (QED) is 0.161. The summed E-state index contributed by atoms with van der Waals surface area (Å²) in [7, 11) is 0. The normalized spacial score (nSPS) is 11.4. The third-order valence-electron chi connectivity index (χ3n) is 4.78. The third kappa shape index (κ3) is 6.55. The number of hydrogen-bond acceptors (Lipinski definition) is 4. The second kappa shape index (κ2) is 10.8. The van der Waals surface area contributed by atoms with Crippen molar-refractivity contribution in [2.24, 2.45) is 11.5 Å². The summed E-state index contributed by atoms with van der Waals surface area (Å²) in [4.78, 5) is 12.8. The molecule has 0 aliphatic heterocycles. The van der Waals surface area contributed by atoms with E-state index >= 15 is 0 Å². The van der Waals surface area contributed by atoms with Gasteiger partial charge in [0.2, 0.25) is 0 Å². The van der Waals surface area contributed by atoms with Crippen LogP contribution in [0, 0.1) is 14.4 Å². The minimum atomic E-state index is -0.295. The molecule has 3 aromatic rings. The molecule has 7 N–H and O–H groups in total. The molecule has 1 atom stereocenters. The second-order valence-corrected chi connectivity index (χ2v) is 8.49. The number of nitrogens with two attached hydrogens (primary N) is 2. The van der Waals surface area contributed by atoms with Crippen LogP contribution in [0.1, 0.15) is 27.0 Å².